The lowest BCUT2D eigenvalue weighted by atomic mass is 10.3. The largest absolute Gasteiger partial charge is 0.394 e. The lowest BCUT2D eigenvalue weighted by Gasteiger charge is -2.35. The number of amides is 2. The van der Waals surface area contributed by atoms with Crippen LogP contribution in [0, 0.1) is 0 Å². The SMILES string of the molecule is C[C@H](NC(=O)N1CCN(CCOCCO)CC1)c1nc2ccccc2[nH]1. The Morgan fingerprint density at radius 3 is 2.81 bits per heavy atom. The topological polar surface area (TPSA) is 93.7 Å². The summed E-state index contributed by atoms with van der Waals surface area (Å²) in [4.78, 5) is 24.4. The normalized spacial score (nSPS) is 16.8. The van der Waals surface area contributed by atoms with Crippen molar-refractivity contribution in [2.45, 2.75) is 13.0 Å². The first-order valence-electron chi connectivity index (χ1n) is 9.08. The fourth-order valence-electron chi connectivity index (χ4n) is 3.06. The number of carbonyl (C=O) groups is 1. The van der Waals surface area contributed by atoms with Crippen molar-refractivity contribution in [1.82, 2.24) is 25.1 Å². The van der Waals surface area contributed by atoms with E-state index in [2.05, 4.69) is 20.2 Å². The molecule has 8 nitrogen and oxygen atoms in total. The maximum atomic E-state index is 12.5. The van der Waals surface area contributed by atoms with E-state index in [0.29, 0.717) is 26.3 Å². The molecule has 1 aliphatic rings. The molecule has 1 aromatic carbocycles. The van der Waals surface area contributed by atoms with Gasteiger partial charge in [-0.1, -0.05) is 12.1 Å². The van der Waals surface area contributed by atoms with Crippen LogP contribution in [0.2, 0.25) is 0 Å². The van der Waals surface area contributed by atoms with Gasteiger partial charge in [0.1, 0.15) is 5.82 Å². The summed E-state index contributed by atoms with van der Waals surface area (Å²) in [5.41, 5.74) is 1.88. The molecule has 142 valence electrons. The molecule has 0 aliphatic carbocycles. The molecule has 1 fully saturated rings. The number of urea groups is 1. The summed E-state index contributed by atoms with van der Waals surface area (Å²) in [5, 5.41) is 11.7. The maximum absolute atomic E-state index is 12.5. The summed E-state index contributed by atoms with van der Waals surface area (Å²) in [5.74, 6) is 0.763. The zero-order valence-corrected chi connectivity index (χ0v) is 15.1. The van der Waals surface area contributed by atoms with Gasteiger partial charge in [0.25, 0.3) is 0 Å². The Bertz CT molecular complexity index is 679. The van der Waals surface area contributed by atoms with E-state index < -0.39 is 0 Å². The van der Waals surface area contributed by atoms with Crippen LogP contribution in [-0.2, 0) is 4.74 Å². The number of aromatic amines is 1. The summed E-state index contributed by atoms with van der Waals surface area (Å²) in [6.45, 7) is 6.84. The Kier molecular flexibility index (Phi) is 6.43. The van der Waals surface area contributed by atoms with Crippen LogP contribution < -0.4 is 5.32 Å². The highest BCUT2D eigenvalue weighted by Crippen LogP contribution is 2.16. The van der Waals surface area contributed by atoms with Crippen LogP contribution in [-0.4, -0.2) is 83.4 Å². The fourth-order valence-corrected chi connectivity index (χ4v) is 3.06. The van der Waals surface area contributed by atoms with E-state index in [4.69, 9.17) is 9.84 Å². The summed E-state index contributed by atoms with van der Waals surface area (Å²) >= 11 is 0. The molecule has 1 saturated heterocycles. The van der Waals surface area contributed by atoms with Crippen LogP contribution in [0.1, 0.15) is 18.8 Å². The Labute approximate surface area is 153 Å². The van der Waals surface area contributed by atoms with E-state index in [1.54, 1.807) is 0 Å². The molecule has 1 aromatic heterocycles. The minimum absolute atomic E-state index is 0.0529. The molecule has 2 aromatic rings. The molecule has 1 aliphatic heterocycles. The van der Waals surface area contributed by atoms with Gasteiger partial charge in [0.05, 0.1) is 36.9 Å². The standard InChI is InChI=1S/C18H27N5O3/c1-14(17-20-15-4-2-3-5-16(15)21-17)19-18(25)23-8-6-22(7-9-23)10-12-26-13-11-24/h2-5,14,24H,6-13H2,1H3,(H,19,25)(H,20,21)/t14-/m0/s1. The smallest absolute Gasteiger partial charge is 0.318 e. The number of para-hydroxylation sites is 2. The van der Waals surface area contributed by atoms with Gasteiger partial charge in [0.15, 0.2) is 0 Å². The molecular weight excluding hydrogens is 334 g/mol. The Balaban J connectivity index is 1.45. The van der Waals surface area contributed by atoms with Crippen LogP contribution in [0.3, 0.4) is 0 Å². The first-order chi connectivity index (χ1) is 12.7. The van der Waals surface area contributed by atoms with E-state index in [1.165, 1.54) is 0 Å². The van der Waals surface area contributed by atoms with Gasteiger partial charge in [-0.05, 0) is 19.1 Å². The number of aliphatic hydroxyl groups is 1. The van der Waals surface area contributed by atoms with Crippen molar-refractivity contribution in [3.05, 3.63) is 30.1 Å². The average Bonchev–Trinajstić information content (AvgIpc) is 3.10. The number of carbonyl (C=O) groups excluding carboxylic acids is 1. The van der Waals surface area contributed by atoms with E-state index in [0.717, 1.165) is 36.5 Å². The number of piperazine rings is 1. The molecule has 3 N–H and O–H groups in total. The van der Waals surface area contributed by atoms with E-state index in [-0.39, 0.29) is 18.7 Å². The van der Waals surface area contributed by atoms with Gasteiger partial charge in [0, 0.05) is 32.7 Å². The summed E-state index contributed by atoms with van der Waals surface area (Å²) in [7, 11) is 0. The zero-order valence-electron chi connectivity index (χ0n) is 15.1. The molecule has 8 heteroatoms. The molecule has 26 heavy (non-hydrogen) atoms. The van der Waals surface area contributed by atoms with Crippen molar-refractivity contribution < 1.29 is 14.6 Å². The van der Waals surface area contributed by atoms with Crippen molar-refractivity contribution in [3.63, 3.8) is 0 Å². The van der Waals surface area contributed by atoms with Gasteiger partial charge >= 0.3 is 6.03 Å². The molecule has 0 saturated carbocycles. The van der Waals surface area contributed by atoms with Crippen LogP contribution in [0.5, 0.6) is 0 Å². The number of hydrogen-bond acceptors (Lipinski definition) is 5. The summed E-state index contributed by atoms with van der Waals surface area (Å²) in [6.07, 6.45) is 0. The average molecular weight is 361 g/mol. The number of fused-ring (bicyclic) bond motifs is 1. The molecular formula is C18H27N5O3. The zero-order chi connectivity index (χ0) is 18.4. The predicted molar refractivity (Wildman–Crippen MR) is 99.0 cm³/mol. The number of hydrogen-bond donors (Lipinski definition) is 3. The second-order valence-electron chi connectivity index (χ2n) is 6.48. The third-order valence-electron chi connectivity index (χ3n) is 4.60. The second-order valence-corrected chi connectivity index (χ2v) is 6.48. The molecule has 0 bridgehead atoms. The van der Waals surface area contributed by atoms with Crippen molar-refractivity contribution in [1.29, 1.82) is 0 Å². The third-order valence-corrected chi connectivity index (χ3v) is 4.60. The number of imidazole rings is 1. The first kappa shape index (κ1) is 18.6. The minimum atomic E-state index is -0.181. The molecule has 0 radical (unpaired) electrons. The lowest BCUT2D eigenvalue weighted by Crippen LogP contribution is -2.52. The molecule has 3 rings (SSSR count). The number of rotatable bonds is 7. The number of nitrogens with zero attached hydrogens (tertiary/aromatic N) is 3. The van der Waals surface area contributed by atoms with Crippen LogP contribution in [0.25, 0.3) is 11.0 Å². The maximum Gasteiger partial charge on any atom is 0.318 e. The van der Waals surface area contributed by atoms with E-state index in [1.807, 2.05) is 36.1 Å². The molecule has 2 heterocycles. The lowest BCUT2D eigenvalue weighted by molar-refractivity contribution is 0.0617. The van der Waals surface area contributed by atoms with Gasteiger partial charge in [-0.3, -0.25) is 4.90 Å². The first-order valence-corrected chi connectivity index (χ1v) is 9.08. The highest BCUT2D eigenvalue weighted by atomic mass is 16.5. The number of nitrogens with one attached hydrogen (secondary N) is 2. The molecule has 1 atom stereocenters. The Morgan fingerprint density at radius 2 is 2.08 bits per heavy atom. The quantitative estimate of drug-likeness (QED) is 0.639. The second kappa shape index (κ2) is 8.98. The molecule has 2 amide bonds. The fraction of sp³-hybridized carbons (Fsp3) is 0.556. The van der Waals surface area contributed by atoms with Crippen LogP contribution in [0.4, 0.5) is 4.79 Å². The van der Waals surface area contributed by atoms with Crippen LogP contribution in [0.15, 0.2) is 24.3 Å². The Morgan fingerprint density at radius 1 is 1.31 bits per heavy atom. The highest BCUT2D eigenvalue weighted by Gasteiger charge is 2.23. The van der Waals surface area contributed by atoms with E-state index >= 15 is 0 Å². The van der Waals surface area contributed by atoms with Gasteiger partial charge in [-0.2, -0.15) is 0 Å². The monoisotopic (exact) mass is 361 g/mol. The Hall–Kier alpha value is -2.16. The minimum Gasteiger partial charge on any atom is -0.394 e. The predicted octanol–water partition coefficient (Wildman–Crippen LogP) is 0.960. The van der Waals surface area contributed by atoms with Gasteiger partial charge in [-0.15, -0.1) is 0 Å². The summed E-state index contributed by atoms with van der Waals surface area (Å²) < 4.78 is 5.29. The number of ether oxygens (including phenoxy) is 1. The van der Waals surface area contributed by atoms with Gasteiger partial charge < -0.3 is 25.0 Å². The third kappa shape index (κ3) is 4.72. The molecule has 0 spiro atoms. The highest BCUT2D eigenvalue weighted by molar-refractivity contribution is 5.76. The van der Waals surface area contributed by atoms with Crippen molar-refractivity contribution in [2.24, 2.45) is 0 Å². The summed E-state index contributed by atoms with van der Waals surface area (Å²) in [6, 6.07) is 7.60. The van der Waals surface area contributed by atoms with Gasteiger partial charge in [0.2, 0.25) is 0 Å². The van der Waals surface area contributed by atoms with Crippen molar-refractivity contribution >= 4 is 17.1 Å². The van der Waals surface area contributed by atoms with Crippen molar-refractivity contribution in [3.8, 4) is 0 Å². The van der Waals surface area contributed by atoms with Crippen molar-refractivity contribution in [2.75, 3.05) is 52.5 Å². The number of aromatic nitrogens is 2. The number of H-pyrrole nitrogens is 1. The van der Waals surface area contributed by atoms with E-state index in [9.17, 15) is 4.79 Å². The number of benzene rings is 1. The van der Waals surface area contributed by atoms with Gasteiger partial charge in [-0.25, -0.2) is 9.78 Å². The molecule has 0 unspecified atom stereocenters. The number of aliphatic hydroxyl groups excluding tert-OH is 1. The van der Waals surface area contributed by atoms with Crippen LogP contribution >= 0.6 is 0 Å².